The van der Waals surface area contributed by atoms with Gasteiger partial charge >= 0.3 is 0 Å². The number of benzene rings is 2. The molecule has 0 aromatic heterocycles. The quantitative estimate of drug-likeness (QED) is 0.867. The van der Waals surface area contributed by atoms with E-state index in [1.54, 1.807) is 18.2 Å². The van der Waals surface area contributed by atoms with Crippen LogP contribution in [0.2, 0.25) is 10.0 Å². The van der Waals surface area contributed by atoms with E-state index in [1.807, 2.05) is 0 Å². The van der Waals surface area contributed by atoms with Crippen molar-refractivity contribution in [3.63, 3.8) is 0 Å². The Bertz CT molecular complexity index is 525. The van der Waals surface area contributed by atoms with E-state index >= 15 is 0 Å². The smallest absolute Gasteiger partial charge is 0.123 e. The van der Waals surface area contributed by atoms with E-state index in [2.05, 4.69) is 0 Å². The van der Waals surface area contributed by atoms with Crippen molar-refractivity contribution < 1.29 is 9.50 Å². The van der Waals surface area contributed by atoms with Gasteiger partial charge in [0, 0.05) is 0 Å². The van der Waals surface area contributed by atoms with Gasteiger partial charge in [-0.1, -0.05) is 41.4 Å². The first-order valence-electron chi connectivity index (χ1n) is 4.96. The van der Waals surface area contributed by atoms with Gasteiger partial charge in [-0.25, -0.2) is 4.39 Å². The van der Waals surface area contributed by atoms with E-state index in [9.17, 15) is 9.50 Å². The largest absolute Gasteiger partial charge is 0.384 e. The highest BCUT2D eigenvalue weighted by Crippen LogP contribution is 2.28. The van der Waals surface area contributed by atoms with Crippen molar-refractivity contribution in [2.45, 2.75) is 6.10 Å². The normalized spacial score (nSPS) is 12.5. The number of hydrogen-bond donors (Lipinski definition) is 1. The molecule has 88 valence electrons. The van der Waals surface area contributed by atoms with E-state index in [0.717, 1.165) is 0 Å². The Morgan fingerprint density at radius 2 is 1.47 bits per heavy atom. The second kappa shape index (κ2) is 5.05. The minimum absolute atomic E-state index is 0.338. The molecule has 0 bridgehead atoms. The van der Waals surface area contributed by atoms with Crippen molar-refractivity contribution in [2.24, 2.45) is 0 Å². The minimum Gasteiger partial charge on any atom is -0.384 e. The Labute approximate surface area is 108 Å². The third-order valence-corrected chi connectivity index (χ3v) is 3.18. The molecule has 0 aliphatic heterocycles. The first-order chi connectivity index (χ1) is 8.08. The maximum Gasteiger partial charge on any atom is 0.123 e. The van der Waals surface area contributed by atoms with Crippen molar-refractivity contribution in [2.75, 3.05) is 0 Å². The fourth-order valence-electron chi connectivity index (χ4n) is 1.52. The molecule has 2 aromatic carbocycles. The summed E-state index contributed by atoms with van der Waals surface area (Å²) < 4.78 is 12.7. The molecule has 17 heavy (non-hydrogen) atoms. The van der Waals surface area contributed by atoms with E-state index in [1.165, 1.54) is 24.3 Å². The molecule has 2 rings (SSSR count). The van der Waals surface area contributed by atoms with Crippen LogP contribution >= 0.6 is 23.2 Å². The van der Waals surface area contributed by atoms with E-state index in [-0.39, 0.29) is 5.82 Å². The molecular weight excluding hydrogens is 262 g/mol. The van der Waals surface area contributed by atoms with Crippen LogP contribution in [0.15, 0.2) is 42.5 Å². The van der Waals surface area contributed by atoms with Crippen LogP contribution in [0, 0.1) is 5.82 Å². The Morgan fingerprint density at radius 3 is 2.06 bits per heavy atom. The van der Waals surface area contributed by atoms with Crippen LogP contribution in [0.25, 0.3) is 0 Å². The summed E-state index contributed by atoms with van der Waals surface area (Å²) >= 11 is 11.7. The van der Waals surface area contributed by atoms with E-state index < -0.39 is 6.10 Å². The fourth-order valence-corrected chi connectivity index (χ4v) is 1.83. The van der Waals surface area contributed by atoms with Crippen LogP contribution in [0.4, 0.5) is 4.39 Å². The second-order valence-electron chi connectivity index (χ2n) is 3.63. The van der Waals surface area contributed by atoms with Crippen LogP contribution in [-0.2, 0) is 0 Å². The molecule has 2 aromatic rings. The van der Waals surface area contributed by atoms with Gasteiger partial charge in [-0.15, -0.1) is 0 Å². The van der Waals surface area contributed by atoms with Gasteiger partial charge in [0.15, 0.2) is 0 Å². The zero-order valence-electron chi connectivity index (χ0n) is 8.70. The number of halogens is 3. The molecule has 0 amide bonds. The van der Waals surface area contributed by atoms with Crippen LogP contribution < -0.4 is 0 Å². The van der Waals surface area contributed by atoms with Crippen molar-refractivity contribution in [3.05, 3.63) is 69.5 Å². The SMILES string of the molecule is O[C@H](c1ccc(F)cc1)c1ccc(Cl)c(Cl)c1. The first-order valence-corrected chi connectivity index (χ1v) is 5.72. The Balaban J connectivity index is 2.33. The summed E-state index contributed by atoms with van der Waals surface area (Å²) in [6, 6.07) is 10.6. The van der Waals surface area contributed by atoms with Gasteiger partial charge in [-0.3, -0.25) is 0 Å². The summed E-state index contributed by atoms with van der Waals surface area (Å²) in [5.41, 5.74) is 1.22. The first kappa shape index (κ1) is 12.4. The van der Waals surface area contributed by atoms with Gasteiger partial charge < -0.3 is 5.11 Å². The monoisotopic (exact) mass is 270 g/mol. The lowest BCUT2D eigenvalue weighted by molar-refractivity contribution is 0.220. The summed E-state index contributed by atoms with van der Waals surface area (Å²) in [6.45, 7) is 0. The number of aliphatic hydroxyl groups is 1. The van der Waals surface area contributed by atoms with Gasteiger partial charge in [-0.2, -0.15) is 0 Å². The van der Waals surface area contributed by atoms with Crippen LogP contribution in [0.5, 0.6) is 0 Å². The summed E-state index contributed by atoms with van der Waals surface area (Å²) in [6.07, 6.45) is -0.842. The van der Waals surface area contributed by atoms with Gasteiger partial charge in [0.1, 0.15) is 11.9 Å². The second-order valence-corrected chi connectivity index (χ2v) is 4.44. The third-order valence-electron chi connectivity index (χ3n) is 2.45. The molecule has 0 aliphatic carbocycles. The molecule has 1 nitrogen and oxygen atoms in total. The number of rotatable bonds is 2. The molecule has 0 radical (unpaired) electrons. The molecule has 0 saturated carbocycles. The topological polar surface area (TPSA) is 20.2 Å². The number of aliphatic hydroxyl groups excluding tert-OH is 1. The van der Waals surface area contributed by atoms with Crippen LogP contribution in [0.3, 0.4) is 0 Å². The van der Waals surface area contributed by atoms with Crippen molar-refractivity contribution >= 4 is 23.2 Å². The zero-order chi connectivity index (χ0) is 12.4. The minimum atomic E-state index is -0.842. The van der Waals surface area contributed by atoms with E-state index in [0.29, 0.717) is 21.2 Å². The van der Waals surface area contributed by atoms with Gasteiger partial charge in [0.2, 0.25) is 0 Å². The third kappa shape index (κ3) is 2.78. The Kier molecular flexibility index (Phi) is 3.67. The van der Waals surface area contributed by atoms with Gasteiger partial charge in [0.05, 0.1) is 10.0 Å². The van der Waals surface area contributed by atoms with Crippen molar-refractivity contribution in [3.8, 4) is 0 Å². The maximum absolute atomic E-state index is 12.7. The summed E-state index contributed by atoms with van der Waals surface area (Å²) in [4.78, 5) is 0. The highest BCUT2D eigenvalue weighted by Gasteiger charge is 2.11. The maximum atomic E-state index is 12.7. The molecule has 1 atom stereocenters. The van der Waals surface area contributed by atoms with Crippen molar-refractivity contribution in [1.82, 2.24) is 0 Å². The standard InChI is InChI=1S/C13H9Cl2FO/c14-11-6-3-9(7-12(11)15)13(17)8-1-4-10(16)5-2-8/h1-7,13,17H/t13-/m1/s1. The molecule has 0 unspecified atom stereocenters. The average molecular weight is 271 g/mol. The lowest BCUT2D eigenvalue weighted by Crippen LogP contribution is -1.99. The predicted octanol–water partition coefficient (Wildman–Crippen LogP) is 4.21. The van der Waals surface area contributed by atoms with Crippen LogP contribution in [-0.4, -0.2) is 5.11 Å². The Hall–Kier alpha value is -1.09. The Morgan fingerprint density at radius 1 is 0.882 bits per heavy atom. The summed E-state index contributed by atoms with van der Waals surface area (Å²) in [7, 11) is 0. The van der Waals surface area contributed by atoms with Crippen LogP contribution in [0.1, 0.15) is 17.2 Å². The molecule has 0 aliphatic rings. The fraction of sp³-hybridized carbons (Fsp3) is 0.0769. The molecule has 4 heteroatoms. The summed E-state index contributed by atoms with van der Waals surface area (Å²) in [5.74, 6) is -0.338. The van der Waals surface area contributed by atoms with Gasteiger partial charge in [0.25, 0.3) is 0 Å². The van der Waals surface area contributed by atoms with Gasteiger partial charge in [-0.05, 0) is 35.4 Å². The lowest BCUT2D eigenvalue weighted by Gasteiger charge is -2.12. The molecule has 0 spiro atoms. The molecule has 1 N–H and O–H groups in total. The zero-order valence-corrected chi connectivity index (χ0v) is 10.2. The number of hydrogen-bond acceptors (Lipinski definition) is 1. The van der Waals surface area contributed by atoms with E-state index in [4.69, 9.17) is 23.2 Å². The molecule has 0 saturated heterocycles. The molecular formula is C13H9Cl2FO. The molecule has 0 fully saturated rings. The lowest BCUT2D eigenvalue weighted by atomic mass is 10.0. The van der Waals surface area contributed by atoms with Crippen molar-refractivity contribution in [1.29, 1.82) is 0 Å². The predicted molar refractivity (Wildman–Crippen MR) is 66.9 cm³/mol. The highest BCUT2D eigenvalue weighted by atomic mass is 35.5. The average Bonchev–Trinajstić information content (AvgIpc) is 2.33. The summed E-state index contributed by atoms with van der Waals surface area (Å²) in [5, 5.41) is 10.9. The molecule has 0 heterocycles. The highest BCUT2D eigenvalue weighted by molar-refractivity contribution is 6.42.